The zero-order valence-corrected chi connectivity index (χ0v) is 8.98. The van der Waals surface area contributed by atoms with Gasteiger partial charge < -0.3 is 10.6 Å². The standard InChI is InChI=1S/C6H15N.C4H9N/c1-5(2)7-6(3)4;1-2-4-5-3-1/h5-7H,1-4H3;5H,1-4H2. The Kier molecular flexibility index (Phi) is 7.51. The molecule has 74 valence electrons. The Hall–Kier alpha value is -0.0800. The van der Waals surface area contributed by atoms with Crippen molar-refractivity contribution in [2.75, 3.05) is 13.1 Å². The molecule has 0 aliphatic carbocycles. The summed E-state index contributed by atoms with van der Waals surface area (Å²) in [6, 6.07) is 1.25. The largest absolute Gasteiger partial charge is 0.317 e. The zero-order valence-electron chi connectivity index (χ0n) is 8.98. The summed E-state index contributed by atoms with van der Waals surface area (Å²) in [6.07, 6.45) is 2.78. The second kappa shape index (κ2) is 7.56. The maximum absolute atomic E-state index is 3.31. The molecule has 2 nitrogen and oxygen atoms in total. The summed E-state index contributed by atoms with van der Waals surface area (Å²) in [5.74, 6) is 0. The van der Waals surface area contributed by atoms with Crippen LogP contribution in [-0.4, -0.2) is 25.2 Å². The molecule has 1 fully saturated rings. The first-order valence-electron chi connectivity index (χ1n) is 5.09. The van der Waals surface area contributed by atoms with Crippen molar-refractivity contribution in [1.82, 2.24) is 10.6 Å². The van der Waals surface area contributed by atoms with E-state index in [1.807, 2.05) is 0 Å². The van der Waals surface area contributed by atoms with Crippen molar-refractivity contribution >= 4 is 0 Å². The molecule has 1 saturated heterocycles. The molecule has 0 amide bonds. The van der Waals surface area contributed by atoms with Gasteiger partial charge in [-0.25, -0.2) is 0 Å². The van der Waals surface area contributed by atoms with Crippen molar-refractivity contribution in [3.63, 3.8) is 0 Å². The SMILES string of the molecule is C1CCNC1.CC(C)NC(C)C. The van der Waals surface area contributed by atoms with Gasteiger partial charge in [0, 0.05) is 12.1 Å². The highest BCUT2D eigenvalue weighted by Gasteiger charge is 1.93. The minimum Gasteiger partial charge on any atom is -0.317 e. The van der Waals surface area contributed by atoms with Gasteiger partial charge in [0.1, 0.15) is 0 Å². The topological polar surface area (TPSA) is 24.1 Å². The van der Waals surface area contributed by atoms with Gasteiger partial charge in [-0.05, 0) is 25.9 Å². The molecule has 0 radical (unpaired) electrons. The maximum Gasteiger partial charge on any atom is 0.00127 e. The molecular formula is C10H24N2. The lowest BCUT2D eigenvalue weighted by atomic mass is 10.3. The van der Waals surface area contributed by atoms with E-state index in [4.69, 9.17) is 0 Å². The lowest BCUT2D eigenvalue weighted by Gasteiger charge is -2.10. The molecule has 0 saturated carbocycles. The summed E-state index contributed by atoms with van der Waals surface area (Å²) in [7, 11) is 0. The third-order valence-electron chi connectivity index (χ3n) is 1.62. The molecular weight excluding hydrogens is 148 g/mol. The normalized spacial score (nSPS) is 16.5. The number of hydrogen-bond acceptors (Lipinski definition) is 2. The molecule has 0 bridgehead atoms. The van der Waals surface area contributed by atoms with Crippen LogP contribution in [-0.2, 0) is 0 Å². The molecule has 0 atom stereocenters. The van der Waals surface area contributed by atoms with E-state index in [9.17, 15) is 0 Å². The molecule has 1 aliphatic rings. The average molecular weight is 172 g/mol. The first-order chi connectivity index (χ1) is 5.63. The molecule has 0 aromatic heterocycles. The predicted octanol–water partition coefficient (Wildman–Crippen LogP) is 1.76. The van der Waals surface area contributed by atoms with Gasteiger partial charge in [-0.1, -0.05) is 27.7 Å². The number of hydrogen-bond donors (Lipinski definition) is 2. The molecule has 0 unspecified atom stereocenters. The van der Waals surface area contributed by atoms with Crippen molar-refractivity contribution in [1.29, 1.82) is 0 Å². The Morgan fingerprint density at radius 1 is 0.917 bits per heavy atom. The molecule has 0 spiro atoms. The predicted molar refractivity (Wildman–Crippen MR) is 55.5 cm³/mol. The monoisotopic (exact) mass is 172 g/mol. The van der Waals surface area contributed by atoms with Crippen LogP contribution in [0.5, 0.6) is 0 Å². The first kappa shape index (κ1) is 11.9. The van der Waals surface area contributed by atoms with E-state index >= 15 is 0 Å². The fourth-order valence-corrected chi connectivity index (χ4v) is 1.29. The van der Waals surface area contributed by atoms with Crippen LogP contribution in [0.15, 0.2) is 0 Å². The summed E-state index contributed by atoms with van der Waals surface area (Å²) >= 11 is 0. The summed E-state index contributed by atoms with van der Waals surface area (Å²) in [5, 5.41) is 6.53. The minimum absolute atomic E-state index is 0.625. The van der Waals surface area contributed by atoms with Crippen LogP contribution in [0.2, 0.25) is 0 Å². The van der Waals surface area contributed by atoms with Gasteiger partial charge in [-0.3, -0.25) is 0 Å². The minimum atomic E-state index is 0.625. The highest BCUT2D eigenvalue weighted by atomic mass is 14.9. The fourth-order valence-electron chi connectivity index (χ4n) is 1.29. The second-order valence-electron chi connectivity index (χ2n) is 3.93. The molecule has 0 aromatic rings. The van der Waals surface area contributed by atoms with E-state index in [2.05, 4.69) is 38.3 Å². The highest BCUT2D eigenvalue weighted by Crippen LogP contribution is 1.90. The van der Waals surface area contributed by atoms with E-state index in [-0.39, 0.29) is 0 Å². The van der Waals surface area contributed by atoms with Gasteiger partial charge in [-0.15, -0.1) is 0 Å². The summed E-state index contributed by atoms with van der Waals surface area (Å²) in [5.41, 5.74) is 0. The molecule has 1 aliphatic heterocycles. The van der Waals surface area contributed by atoms with Gasteiger partial charge >= 0.3 is 0 Å². The Balaban J connectivity index is 0.000000211. The third-order valence-corrected chi connectivity index (χ3v) is 1.62. The van der Waals surface area contributed by atoms with E-state index in [1.165, 1.54) is 25.9 Å². The fraction of sp³-hybridized carbons (Fsp3) is 1.00. The smallest absolute Gasteiger partial charge is 0.00127 e. The summed E-state index contributed by atoms with van der Waals surface area (Å²) in [6.45, 7) is 11.1. The van der Waals surface area contributed by atoms with Crippen LogP contribution in [0.3, 0.4) is 0 Å². The van der Waals surface area contributed by atoms with E-state index in [0.717, 1.165) is 0 Å². The van der Waals surface area contributed by atoms with Crippen LogP contribution in [0.4, 0.5) is 0 Å². The highest BCUT2D eigenvalue weighted by molar-refractivity contribution is 4.56. The van der Waals surface area contributed by atoms with Crippen LogP contribution in [0.25, 0.3) is 0 Å². The Bertz CT molecular complexity index is 72.2. The van der Waals surface area contributed by atoms with Gasteiger partial charge in [0.15, 0.2) is 0 Å². The molecule has 2 N–H and O–H groups in total. The zero-order chi connectivity index (χ0) is 9.40. The average Bonchev–Trinajstić information content (AvgIpc) is 2.36. The Morgan fingerprint density at radius 2 is 1.33 bits per heavy atom. The Labute approximate surface area is 77.1 Å². The first-order valence-corrected chi connectivity index (χ1v) is 5.09. The van der Waals surface area contributed by atoms with Crippen LogP contribution in [0, 0.1) is 0 Å². The number of rotatable bonds is 2. The van der Waals surface area contributed by atoms with Gasteiger partial charge in [0.2, 0.25) is 0 Å². The Morgan fingerprint density at radius 3 is 1.42 bits per heavy atom. The van der Waals surface area contributed by atoms with Crippen molar-refractivity contribution in [2.45, 2.75) is 52.6 Å². The molecule has 1 rings (SSSR count). The van der Waals surface area contributed by atoms with Crippen molar-refractivity contribution in [2.24, 2.45) is 0 Å². The van der Waals surface area contributed by atoms with Crippen LogP contribution < -0.4 is 10.6 Å². The van der Waals surface area contributed by atoms with Gasteiger partial charge in [0.05, 0.1) is 0 Å². The molecule has 2 heteroatoms. The lowest BCUT2D eigenvalue weighted by Crippen LogP contribution is -2.29. The summed E-state index contributed by atoms with van der Waals surface area (Å²) < 4.78 is 0. The van der Waals surface area contributed by atoms with E-state index < -0.39 is 0 Å². The number of nitrogens with one attached hydrogen (secondary N) is 2. The van der Waals surface area contributed by atoms with Crippen molar-refractivity contribution in [3.05, 3.63) is 0 Å². The maximum atomic E-state index is 3.31. The molecule has 1 heterocycles. The summed E-state index contributed by atoms with van der Waals surface area (Å²) in [4.78, 5) is 0. The van der Waals surface area contributed by atoms with E-state index in [1.54, 1.807) is 0 Å². The lowest BCUT2D eigenvalue weighted by molar-refractivity contribution is 0.518. The second-order valence-corrected chi connectivity index (χ2v) is 3.93. The van der Waals surface area contributed by atoms with Crippen molar-refractivity contribution < 1.29 is 0 Å². The van der Waals surface area contributed by atoms with Crippen molar-refractivity contribution in [3.8, 4) is 0 Å². The quantitative estimate of drug-likeness (QED) is 0.663. The third kappa shape index (κ3) is 9.92. The van der Waals surface area contributed by atoms with Crippen LogP contribution in [0.1, 0.15) is 40.5 Å². The molecule has 12 heavy (non-hydrogen) atoms. The van der Waals surface area contributed by atoms with Gasteiger partial charge in [0.25, 0.3) is 0 Å². The molecule has 0 aromatic carbocycles. The van der Waals surface area contributed by atoms with Gasteiger partial charge in [-0.2, -0.15) is 0 Å². The van der Waals surface area contributed by atoms with E-state index in [0.29, 0.717) is 12.1 Å². The van der Waals surface area contributed by atoms with Crippen LogP contribution >= 0.6 is 0 Å².